The number of fused-ring (bicyclic) bond motifs is 1. The lowest BCUT2D eigenvalue weighted by Gasteiger charge is -2.44. The Balaban J connectivity index is 1.95. The lowest BCUT2D eigenvalue weighted by molar-refractivity contribution is 0.0422. The predicted octanol–water partition coefficient (Wildman–Crippen LogP) is 3.00. The third-order valence-corrected chi connectivity index (χ3v) is 5.44. The summed E-state index contributed by atoms with van der Waals surface area (Å²) in [5.74, 6) is 4.23. The van der Waals surface area contributed by atoms with E-state index in [9.17, 15) is 0 Å². The number of methoxy groups -OCH3 is 1. The van der Waals surface area contributed by atoms with Crippen molar-refractivity contribution in [2.24, 2.45) is 0 Å². The Morgan fingerprint density at radius 2 is 2.37 bits per heavy atom. The Bertz CT molecular complexity index is 457. The van der Waals surface area contributed by atoms with E-state index in [4.69, 9.17) is 9.47 Å². The summed E-state index contributed by atoms with van der Waals surface area (Å²) in [5, 5.41) is 3.44. The van der Waals surface area contributed by atoms with Crippen molar-refractivity contribution in [1.82, 2.24) is 5.32 Å². The first-order valence-electron chi connectivity index (χ1n) is 6.88. The van der Waals surface area contributed by atoms with Crippen LogP contribution in [0.4, 0.5) is 0 Å². The van der Waals surface area contributed by atoms with Crippen molar-refractivity contribution in [3.8, 4) is 11.5 Å². The molecular weight excluding hydrogens is 258 g/mol. The van der Waals surface area contributed by atoms with Crippen LogP contribution >= 0.6 is 11.8 Å². The number of rotatable bonds is 2. The van der Waals surface area contributed by atoms with Gasteiger partial charge in [0, 0.05) is 29.8 Å². The largest absolute Gasteiger partial charge is 0.497 e. The SMILES string of the molecule is CNC1CC2(CCCSC2)Oc2cc(OC)ccc21. The summed E-state index contributed by atoms with van der Waals surface area (Å²) >= 11 is 2.01. The molecule has 1 fully saturated rings. The molecule has 0 aliphatic carbocycles. The smallest absolute Gasteiger partial charge is 0.128 e. The molecule has 1 saturated heterocycles. The maximum absolute atomic E-state index is 6.39. The average Bonchev–Trinajstić information content (AvgIpc) is 2.46. The van der Waals surface area contributed by atoms with Crippen LogP contribution < -0.4 is 14.8 Å². The van der Waals surface area contributed by atoms with Crippen molar-refractivity contribution in [2.75, 3.05) is 25.7 Å². The van der Waals surface area contributed by atoms with E-state index in [2.05, 4.69) is 11.4 Å². The molecule has 0 saturated carbocycles. The van der Waals surface area contributed by atoms with Crippen LogP contribution in [-0.4, -0.2) is 31.3 Å². The topological polar surface area (TPSA) is 30.5 Å². The van der Waals surface area contributed by atoms with Gasteiger partial charge >= 0.3 is 0 Å². The van der Waals surface area contributed by atoms with Gasteiger partial charge in [-0.05, 0) is 31.7 Å². The average molecular weight is 279 g/mol. The molecule has 2 heterocycles. The second-order valence-electron chi connectivity index (χ2n) is 5.39. The first kappa shape index (κ1) is 13.1. The molecule has 1 spiro atoms. The van der Waals surface area contributed by atoms with Crippen LogP contribution in [0.15, 0.2) is 18.2 Å². The summed E-state index contributed by atoms with van der Waals surface area (Å²) in [6.45, 7) is 0. The van der Waals surface area contributed by atoms with Gasteiger partial charge in [-0.1, -0.05) is 6.07 Å². The Hall–Kier alpha value is -0.870. The van der Waals surface area contributed by atoms with Gasteiger partial charge in [0.1, 0.15) is 17.1 Å². The van der Waals surface area contributed by atoms with E-state index in [1.807, 2.05) is 30.9 Å². The molecule has 1 N–H and O–H groups in total. The van der Waals surface area contributed by atoms with Gasteiger partial charge in [-0.2, -0.15) is 11.8 Å². The van der Waals surface area contributed by atoms with Crippen molar-refractivity contribution in [2.45, 2.75) is 30.9 Å². The monoisotopic (exact) mass is 279 g/mol. The molecule has 2 atom stereocenters. The van der Waals surface area contributed by atoms with Gasteiger partial charge in [0.25, 0.3) is 0 Å². The minimum Gasteiger partial charge on any atom is -0.497 e. The highest BCUT2D eigenvalue weighted by Crippen LogP contribution is 2.45. The van der Waals surface area contributed by atoms with Crippen molar-refractivity contribution in [1.29, 1.82) is 0 Å². The molecule has 104 valence electrons. The van der Waals surface area contributed by atoms with Crippen molar-refractivity contribution in [3.05, 3.63) is 23.8 Å². The Morgan fingerprint density at radius 1 is 1.47 bits per heavy atom. The van der Waals surface area contributed by atoms with Gasteiger partial charge in [-0.3, -0.25) is 0 Å². The van der Waals surface area contributed by atoms with Crippen molar-refractivity contribution < 1.29 is 9.47 Å². The second-order valence-corrected chi connectivity index (χ2v) is 6.50. The highest BCUT2D eigenvalue weighted by molar-refractivity contribution is 7.99. The van der Waals surface area contributed by atoms with E-state index < -0.39 is 0 Å². The molecule has 2 aliphatic rings. The number of benzene rings is 1. The Kier molecular flexibility index (Phi) is 3.63. The first-order chi connectivity index (χ1) is 9.26. The highest BCUT2D eigenvalue weighted by atomic mass is 32.2. The molecule has 2 aliphatic heterocycles. The molecule has 0 bridgehead atoms. The van der Waals surface area contributed by atoms with Gasteiger partial charge < -0.3 is 14.8 Å². The normalized spacial score (nSPS) is 29.7. The lowest BCUT2D eigenvalue weighted by atomic mass is 9.85. The molecule has 0 aromatic heterocycles. The minimum atomic E-state index is 0.00988. The fourth-order valence-electron chi connectivity index (χ4n) is 3.10. The van der Waals surface area contributed by atoms with Gasteiger partial charge in [0.2, 0.25) is 0 Å². The maximum Gasteiger partial charge on any atom is 0.128 e. The molecule has 0 amide bonds. The van der Waals surface area contributed by atoms with Crippen LogP contribution in [0.2, 0.25) is 0 Å². The third-order valence-electron chi connectivity index (χ3n) is 4.13. The van der Waals surface area contributed by atoms with Crippen molar-refractivity contribution in [3.63, 3.8) is 0 Å². The zero-order valence-corrected chi connectivity index (χ0v) is 12.4. The molecule has 3 rings (SSSR count). The van der Waals surface area contributed by atoms with Gasteiger partial charge in [0.15, 0.2) is 0 Å². The zero-order valence-electron chi connectivity index (χ0n) is 11.6. The molecule has 1 aromatic rings. The molecule has 2 unspecified atom stereocenters. The second kappa shape index (κ2) is 5.25. The minimum absolute atomic E-state index is 0.00988. The van der Waals surface area contributed by atoms with Gasteiger partial charge in [-0.15, -0.1) is 0 Å². The molecule has 0 radical (unpaired) electrons. The van der Waals surface area contributed by atoms with Gasteiger partial charge in [-0.25, -0.2) is 0 Å². The zero-order chi connectivity index (χ0) is 13.3. The van der Waals surface area contributed by atoms with E-state index >= 15 is 0 Å². The number of nitrogens with one attached hydrogen (secondary N) is 1. The van der Waals surface area contributed by atoms with E-state index in [0.717, 1.165) is 30.1 Å². The summed E-state index contributed by atoms with van der Waals surface area (Å²) in [5.41, 5.74) is 1.26. The fourth-order valence-corrected chi connectivity index (χ4v) is 4.29. The Labute approximate surface area is 119 Å². The van der Waals surface area contributed by atoms with Crippen LogP contribution in [0, 0.1) is 0 Å². The van der Waals surface area contributed by atoms with Crippen LogP contribution in [-0.2, 0) is 0 Å². The maximum atomic E-state index is 6.39. The number of ether oxygens (including phenoxy) is 2. The number of hydrogen-bond acceptors (Lipinski definition) is 4. The van der Waals surface area contributed by atoms with E-state index in [1.165, 1.54) is 17.7 Å². The van der Waals surface area contributed by atoms with E-state index in [-0.39, 0.29) is 5.60 Å². The molecular formula is C15H21NO2S. The van der Waals surface area contributed by atoms with E-state index in [0.29, 0.717) is 6.04 Å². The highest BCUT2D eigenvalue weighted by Gasteiger charge is 2.41. The first-order valence-corrected chi connectivity index (χ1v) is 8.04. The standard InChI is InChI=1S/C15H21NO2S/c1-16-13-9-15(6-3-7-19-10-15)18-14-8-11(17-2)4-5-12(13)14/h4-5,8,13,16H,3,6-7,9-10H2,1-2H3. The van der Waals surface area contributed by atoms with Crippen LogP contribution in [0.1, 0.15) is 30.9 Å². The lowest BCUT2D eigenvalue weighted by Crippen LogP contribution is -2.47. The number of thioether (sulfide) groups is 1. The number of hydrogen-bond donors (Lipinski definition) is 1. The fraction of sp³-hybridized carbons (Fsp3) is 0.600. The molecule has 19 heavy (non-hydrogen) atoms. The summed E-state index contributed by atoms with van der Waals surface area (Å²) in [4.78, 5) is 0. The predicted molar refractivity (Wildman–Crippen MR) is 79.3 cm³/mol. The van der Waals surface area contributed by atoms with Crippen molar-refractivity contribution >= 4 is 11.8 Å². The molecule has 3 nitrogen and oxygen atoms in total. The molecule has 4 heteroatoms. The summed E-state index contributed by atoms with van der Waals surface area (Å²) in [6.07, 6.45) is 3.48. The summed E-state index contributed by atoms with van der Waals surface area (Å²) < 4.78 is 11.7. The summed E-state index contributed by atoms with van der Waals surface area (Å²) in [7, 11) is 3.74. The van der Waals surface area contributed by atoms with Gasteiger partial charge in [0.05, 0.1) is 7.11 Å². The quantitative estimate of drug-likeness (QED) is 0.901. The van der Waals surface area contributed by atoms with Crippen LogP contribution in [0.5, 0.6) is 11.5 Å². The van der Waals surface area contributed by atoms with Crippen LogP contribution in [0.3, 0.4) is 0 Å². The van der Waals surface area contributed by atoms with E-state index in [1.54, 1.807) is 7.11 Å². The van der Waals surface area contributed by atoms with Crippen LogP contribution in [0.25, 0.3) is 0 Å². The molecule has 1 aromatic carbocycles. The summed E-state index contributed by atoms with van der Waals surface area (Å²) in [6, 6.07) is 6.55. The third kappa shape index (κ3) is 2.43. The Morgan fingerprint density at radius 3 is 3.05 bits per heavy atom.